The molecule has 0 saturated carbocycles. The Kier molecular flexibility index (Phi) is 7.90. The van der Waals surface area contributed by atoms with Crippen molar-refractivity contribution >= 4 is 29.1 Å². The molecule has 1 N–H and O–H groups in total. The van der Waals surface area contributed by atoms with Crippen LogP contribution in [0.15, 0.2) is 52.7 Å². The lowest BCUT2D eigenvalue weighted by molar-refractivity contribution is -0.118. The highest BCUT2D eigenvalue weighted by Gasteiger charge is 2.30. The molecular weight excluding hydrogens is 398 g/mol. The fourth-order valence-electron chi connectivity index (χ4n) is 2.96. The number of carbonyl (C=O) groups excluding carboxylic acids is 1. The number of nitrogens with one attached hydrogen (secondary N) is 1. The van der Waals surface area contributed by atoms with Gasteiger partial charge in [0, 0.05) is 0 Å². The molecule has 0 bridgehead atoms. The minimum absolute atomic E-state index is 0.0346. The molecule has 3 rings (SSSR count). The molecule has 1 heterocycles. The van der Waals surface area contributed by atoms with Gasteiger partial charge in [0.25, 0.3) is 0 Å². The highest BCUT2D eigenvalue weighted by atomic mass is 32.2. The summed E-state index contributed by atoms with van der Waals surface area (Å²) >= 11 is 1.41. The molecule has 1 aliphatic heterocycles. The number of ether oxygens (including phenoxy) is 2. The van der Waals surface area contributed by atoms with E-state index in [-0.39, 0.29) is 11.2 Å². The molecule has 1 amide bonds. The van der Waals surface area contributed by atoms with E-state index in [1.807, 2.05) is 18.2 Å². The average molecular weight is 426 g/mol. The third-order valence-electron chi connectivity index (χ3n) is 4.63. The Labute approximate surface area is 181 Å². The number of methoxy groups -OCH3 is 1. The Balaban J connectivity index is 1.60. The Hall–Kier alpha value is -2.80. The first-order valence-corrected chi connectivity index (χ1v) is 11.0. The molecule has 1 atom stereocenters. The van der Waals surface area contributed by atoms with E-state index in [9.17, 15) is 4.79 Å². The van der Waals surface area contributed by atoms with E-state index >= 15 is 0 Å². The maximum Gasteiger partial charge on any atom is 0.239 e. The van der Waals surface area contributed by atoms with Crippen molar-refractivity contribution in [3.05, 3.63) is 59.2 Å². The summed E-state index contributed by atoms with van der Waals surface area (Å²) in [5.41, 5.74) is 3.27. The van der Waals surface area contributed by atoms with Gasteiger partial charge in [-0.1, -0.05) is 49.9 Å². The number of aryl methyl sites for hydroxylation is 1. The normalized spacial score (nSPS) is 17.5. The predicted octanol–water partition coefficient (Wildman–Crippen LogP) is 4.21. The highest BCUT2D eigenvalue weighted by molar-refractivity contribution is 8.15. The SMILES string of the molecule is CCCOc1ccc(/C=N\N=C2/NC(=O)[C@@H](Cc3ccc(CC)cc3)S2)cc1OC. The van der Waals surface area contributed by atoms with Crippen molar-refractivity contribution in [2.24, 2.45) is 10.2 Å². The second-order valence-corrected chi connectivity index (χ2v) is 8.07. The predicted molar refractivity (Wildman–Crippen MR) is 123 cm³/mol. The van der Waals surface area contributed by atoms with E-state index in [4.69, 9.17) is 9.47 Å². The summed E-state index contributed by atoms with van der Waals surface area (Å²) in [6.45, 7) is 4.82. The van der Waals surface area contributed by atoms with Gasteiger partial charge in [0.05, 0.1) is 25.2 Å². The Morgan fingerprint density at radius 1 is 1.10 bits per heavy atom. The summed E-state index contributed by atoms with van der Waals surface area (Å²) in [6, 6.07) is 14.0. The number of rotatable bonds is 9. The third-order valence-corrected chi connectivity index (χ3v) is 5.71. The van der Waals surface area contributed by atoms with Gasteiger partial charge in [-0.3, -0.25) is 4.79 Å². The number of thioether (sulfide) groups is 1. The lowest BCUT2D eigenvalue weighted by atomic mass is 10.1. The number of nitrogens with zero attached hydrogens (tertiary/aromatic N) is 2. The molecule has 6 nitrogen and oxygen atoms in total. The van der Waals surface area contributed by atoms with E-state index < -0.39 is 0 Å². The summed E-state index contributed by atoms with van der Waals surface area (Å²) < 4.78 is 11.0. The molecule has 0 radical (unpaired) electrons. The van der Waals surface area contributed by atoms with Crippen molar-refractivity contribution in [1.29, 1.82) is 0 Å². The smallest absolute Gasteiger partial charge is 0.239 e. The van der Waals surface area contributed by atoms with Crippen LogP contribution >= 0.6 is 11.8 Å². The van der Waals surface area contributed by atoms with E-state index in [0.29, 0.717) is 29.7 Å². The van der Waals surface area contributed by atoms with Crippen LogP contribution in [0.25, 0.3) is 0 Å². The summed E-state index contributed by atoms with van der Waals surface area (Å²) in [5.74, 6) is 1.32. The van der Waals surface area contributed by atoms with Crippen molar-refractivity contribution in [2.45, 2.75) is 38.4 Å². The van der Waals surface area contributed by atoms with Crippen LogP contribution < -0.4 is 14.8 Å². The zero-order valence-corrected chi connectivity index (χ0v) is 18.4. The zero-order chi connectivity index (χ0) is 21.3. The van der Waals surface area contributed by atoms with Crippen molar-refractivity contribution in [1.82, 2.24) is 5.32 Å². The van der Waals surface area contributed by atoms with Gasteiger partial charge in [-0.2, -0.15) is 5.10 Å². The molecule has 0 aromatic heterocycles. The number of amidine groups is 1. The van der Waals surface area contributed by atoms with Crippen molar-refractivity contribution in [3.63, 3.8) is 0 Å². The topological polar surface area (TPSA) is 72.3 Å². The van der Waals surface area contributed by atoms with E-state index in [1.54, 1.807) is 13.3 Å². The lowest BCUT2D eigenvalue weighted by Gasteiger charge is -2.10. The van der Waals surface area contributed by atoms with Crippen LogP contribution in [0.1, 0.15) is 37.0 Å². The van der Waals surface area contributed by atoms with Crippen LogP contribution in [0.5, 0.6) is 11.5 Å². The van der Waals surface area contributed by atoms with E-state index in [2.05, 4.69) is 53.6 Å². The van der Waals surface area contributed by atoms with Crippen LogP contribution in [-0.2, 0) is 17.6 Å². The molecule has 0 aliphatic carbocycles. The molecule has 0 spiro atoms. The molecule has 1 aliphatic rings. The Bertz CT molecular complexity index is 926. The third kappa shape index (κ3) is 5.86. The van der Waals surface area contributed by atoms with Crippen LogP contribution in [0.4, 0.5) is 0 Å². The molecule has 2 aromatic carbocycles. The molecule has 2 aromatic rings. The van der Waals surface area contributed by atoms with Gasteiger partial charge in [-0.05, 0) is 54.2 Å². The molecule has 158 valence electrons. The van der Waals surface area contributed by atoms with Gasteiger partial charge in [-0.25, -0.2) is 0 Å². The Morgan fingerprint density at radius 3 is 2.57 bits per heavy atom. The summed E-state index contributed by atoms with van der Waals surface area (Å²) in [4.78, 5) is 12.3. The zero-order valence-electron chi connectivity index (χ0n) is 17.6. The van der Waals surface area contributed by atoms with Gasteiger partial charge in [-0.15, -0.1) is 5.10 Å². The summed E-state index contributed by atoms with van der Waals surface area (Å²) in [6.07, 6.45) is 4.23. The molecular formula is C23H27N3O3S. The summed E-state index contributed by atoms with van der Waals surface area (Å²) in [5, 5.41) is 11.4. The van der Waals surface area contributed by atoms with Gasteiger partial charge in [0.1, 0.15) is 0 Å². The number of carbonyl (C=O) groups is 1. The van der Waals surface area contributed by atoms with Crippen LogP contribution in [0.2, 0.25) is 0 Å². The minimum Gasteiger partial charge on any atom is -0.493 e. The van der Waals surface area contributed by atoms with Crippen LogP contribution in [0, 0.1) is 0 Å². The van der Waals surface area contributed by atoms with Crippen molar-refractivity contribution < 1.29 is 14.3 Å². The fraction of sp³-hybridized carbons (Fsp3) is 0.348. The van der Waals surface area contributed by atoms with Crippen molar-refractivity contribution in [2.75, 3.05) is 13.7 Å². The first-order valence-electron chi connectivity index (χ1n) is 10.1. The molecule has 1 saturated heterocycles. The quantitative estimate of drug-likeness (QED) is 0.483. The van der Waals surface area contributed by atoms with Gasteiger partial charge >= 0.3 is 0 Å². The molecule has 1 fully saturated rings. The van der Waals surface area contributed by atoms with Gasteiger partial charge in [0.2, 0.25) is 5.91 Å². The molecule has 0 unspecified atom stereocenters. The fourth-order valence-corrected chi connectivity index (χ4v) is 3.92. The van der Waals surface area contributed by atoms with E-state index in [0.717, 1.165) is 24.0 Å². The lowest BCUT2D eigenvalue weighted by Crippen LogP contribution is -2.25. The molecule has 7 heteroatoms. The Morgan fingerprint density at radius 2 is 1.87 bits per heavy atom. The van der Waals surface area contributed by atoms with Gasteiger partial charge in [0.15, 0.2) is 16.7 Å². The van der Waals surface area contributed by atoms with Crippen LogP contribution in [0.3, 0.4) is 0 Å². The largest absolute Gasteiger partial charge is 0.493 e. The number of amides is 1. The second-order valence-electron chi connectivity index (χ2n) is 6.88. The average Bonchev–Trinajstić information content (AvgIpc) is 3.12. The number of benzene rings is 2. The number of hydrogen-bond acceptors (Lipinski definition) is 6. The maximum absolute atomic E-state index is 12.3. The standard InChI is InChI=1S/C23H27N3O3S/c1-4-12-29-19-11-10-18(13-20(19)28-3)15-24-26-23-25-22(27)21(30-23)14-17-8-6-16(5-2)7-9-17/h6-11,13,15,21H,4-5,12,14H2,1-3H3,(H,25,26,27)/b24-15-/t21-/m1/s1. The van der Waals surface area contributed by atoms with E-state index in [1.165, 1.54) is 17.3 Å². The monoisotopic (exact) mass is 425 g/mol. The highest BCUT2D eigenvalue weighted by Crippen LogP contribution is 2.28. The van der Waals surface area contributed by atoms with Crippen LogP contribution in [-0.4, -0.2) is 36.3 Å². The summed E-state index contributed by atoms with van der Waals surface area (Å²) in [7, 11) is 1.61. The van der Waals surface area contributed by atoms with Gasteiger partial charge < -0.3 is 14.8 Å². The molecule has 30 heavy (non-hydrogen) atoms. The second kappa shape index (κ2) is 10.8. The first-order chi connectivity index (χ1) is 14.6. The van der Waals surface area contributed by atoms with Crippen molar-refractivity contribution in [3.8, 4) is 11.5 Å². The number of hydrogen-bond donors (Lipinski definition) is 1. The first kappa shape index (κ1) is 21.9. The maximum atomic E-state index is 12.3. The minimum atomic E-state index is -0.193.